The van der Waals surface area contributed by atoms with Crippen molar-refractivity contribution in [3.8, 4) is 5.69 Å². The molecule has 0 aliphatic rings. The summed E-state index contributed by atoms with van der Waals surface area (Å²) in [6.45, 7) is 1.66. The molecule has 3 aromatic rings. The van der Waals surface area contributed by atoms with Crippen LogP contribution in [0, 0.1) is 0 Å². The minimum atomic E-state index is 0.765. The number of rotatable bonds is 7. The SMILES string of the molecule is Clc1cccc(CNCCSc2nnnn2-c2ccccc2)c1. The van der Waals surface area contributed by atoms with Gasteiger partial charge in [0.2, 0.25) is 5.16 Å². The molecule has 1 aromatic heterocycles. The fourth-order valence-electron chi connectivity index (χ4n) is 2.09. The quantitative estimate of drug-likeness (QED) is 0.526. The third-order valence-corrected chi connectivity index (χ3v) is 4.33. The van der Waals surface area contributed by atoms with Crippen molar-refractivity contribution in [2.75, 3.05) is 12.3 Å². The Morgan fingerprint density at radius 2 is 1.96 bits per heavy atom. The highest BCUT2D eigenvalue weighted by Crippen LogP contribution is 2.17. The molecule has 0 unspecified atom stereocenters. The van der Waals surface area contributed by atoms with Gasteiger partial charge in [0.05, 0.1) is 5.69 Å². The molecule has 1 heterocycles. The molecule has 23 heavy (non-hydrogen) atoms. The molecule has 5 nitrogen and oxygen atoms in total. The minimum absolute atomic E-state index is 0.765. The van der Waals surface area contributed by atoms with Gasteiger partial charge in [-0.25, -0.2) is 0 Å². The normalized spacial score (nSPS) is 10.8. The number of para-hydroxylation sites is 1. The van der Waals surface area contributed by atoms with Crippen molar-refractivity contribution in [1.82, 2.24) is 25.5 Å². The molecule has 118 valence electrons. The van der Waals surface area contributed by atoms with Crippen molar-refractivity contribution in [3.63, 3.8) is 0 Å². The Labute approximate surface area is 144 Å². The molecule has 0 radical (unpaired) electrons. The highest BCUT2D eigenvalue weighted by Gasteiger charge is 2.07. The molecular formula is C16H16ClN5S. The Balaban J connectivity index is 1.47. The van der Waals surface area contributed by atoms with Crippen LogP contribution in [0.4, 0.5) is 0 Å². The number of benzene rings is 2. The van der Waals surface area contributed by atoms with Crippen molar-refractivity contribution in [3.05, 3.63) is 65.2 Å². The van der Waals surface area contributed by atoms with E-state index in [-0.39, 0.29) is 0 Å². The first-order chi connectivity index (χ1) is 11.3. The molecule has 0 atom stereocenters. The van der Waals surface area contributed by atoms with Crippen LogP contribution < -0.4 is 5.32 Å². The van der Waals surface area contributed by atoms with Crippen LogP contribution in [-0.4, -0.2) is 32.5 Å². The van der Waals surface area contributed by atoms with Crippen LogP contribution >= 0.6 is 23.4 Å². The molecule has 0 fully saturated rings. The van der Waals surface area contributed by atoms with Crippen LogP contribution in [-0.2, 0) is 6.54 Å². The topological polar surface area (TPSA) is 55.6 Å². The zero-order valence-corrected chi connectivity index (χ0v) is 14.0. The van der Waals surface area contributed by atoms with E-state index in [2.05, 4.69) is 26.9 Å². The van der Waals surface area contributed by atoms with Crippen LogP contribution in [0.3, 0.4) is 0 Å². The van der Waals surface area contributed by atoms with E-state index in [0.717, 1.165) is 34.7 Å². The average Bonchev–Trinajstić information content (AvgIpc) is 3.04. The number of thioether (sulfide) groups is 1. The lowest BCUT2D eigenvalue weighted by atomic mass is 10.2. The summed E-state index contributed by atoms with van der Waals surface area (Å²) in [5.41, 5.74) is 2.14. The first-order valence-corrected chi connectivity index (χ1v) is 8.61. The highest BCUT2D eigenvalue weighted by atomic mass is 35.5. The molecule has 7 heteroatoms. The monoisotopic (exact) mass is 345 g/mol. The van der Waals surface area contributed by atoms with Crippen molar-refractivity contribution >= 4 is 23.4 Å². The van der Waals surface area contributed by atoms with E-state index in [4.69, 9.17) is 11.6 Å². The largest absolute Gasteiger partial charge is 0.312 e. The number of hydrogen-bond acceptors (Lipinski definition) is 5. The molecule has 0 bridgehead atoms. The minimum Gasteiger partial charge on any atom is -0.312 e. The summed E-state index contributed by atoms with van der Waals surface area (Å²) in [4.78, 5) is 0. The zero-order chi connectivity index (χ0) is 15.9. The smallest absolute Gasteiger partial charge is 0.214 e. The summed E-state index contributed by atoms with van der Waals surface area (Å²) >= 11 is 7.60. The molecule has 0 amide bonds. The van der Waals surface area contributed by atoms with Gasteiger partial charge in [0.25, 0.3) is 0 Å². The van der Waals surface area contributed by atoms with Gasteiger partial charge >= 0.3 is 0 Å². The summed E-state index contributed by atoms with van der Waals surface area (Å²) in [6, 6.07) is 17.7. The number of nitrogens with zero attached hydrogens (tertiary/aromatic N) is 4. The summed E-state index contributed by atoms with van der Waals surface area (Å²) < 4.78 is 1.75. The Morgan fingerprint density at radius 1 is 1.09 bits per heavy atom. The summed E-state index contributed by atoms with van der Waals surface area (Å²) in [5.74, 6) is 0.883. The number of hydrogen-bond donors (Lipinski definition) is 1. The van der Waals surface area contributed by atoms with Crippen LogP contribution in [0.1, 0.15) is 5.56 Å². The number of tetrazole rings is 1. The lowest BCUT2D eigenvalue weighted by Gasteiger charge is -2.06. The van der Waals surface area contributed by atoms with Crippen LogP contribution in [0.15, 0.2) is 59.8 Å². The van der Waals surface area contributed by atoms with Gasteiger partial charge in [-0.2, -0.15) is 4.68 Å². The van der Waals surface area contributed by atoms with E-state index in [1.165, 1.54) is 5.56 Å². The van der Waals surface area contributed by atoms with Gasteiger partial charge in [-0.05, 0) is 40.3 Å². The van der Waals surface area contributed by atoms with Crippen molar-refractivity contribution in [2.24, 2.45) is 0 Å². The van der Waals surface area contributed by atoms with Gasteiger partial charge < -0.3 is 5.32 Å². The van der Waals surface area contributed by atoms with Crippen LogP contribution in [0.2, 0.25) is 5.02 Å². The van der Waals surface area contributed by atoms with Crippen molar-refractivity contribution in [1.29, 1.82) is 0 Å². The third-order valence-electron chi connectivity index (χ3n) is 3.17. The first kappa shape index (κ1) is 16.0. The molecule has 0 aliphatic carbocycles. The third kappa shape index (κ3) is 4.54. The second-order valence-corrected chi connectivity index (χ2v) is 6.36. The molecule has 1 N–H and O–H groups in total. The van der Waals surface area contributed by atoms with Gasteiger partial charge in [0.15, 0.2) is 0 Å². The lowest BCUT2D eigenvalue weighted by Crippen LogP contribution is -2.16. The number of halogens is 1. The van der Waals surface area contributed by atoms with E-state index in [1.807, 2.05) is 48.5 Å². The van der Waals surface area contributed by atoms with E-state index < -0.39 is 0 Å². The average molecular weight is 346 g/mol. The first-order valence-electron chi connectivity index (χ1n) is 7.25. The highest BCUT2D eigenvalue weighted by molar-refractivity contribution is 7.99. The lowest BCUT2D eigenvalue weighted by molar-refractivity contribution is 0.728. The summed E-state index contributed by atoms with van der Waals surface area (Å²) in [6.07, 6.45) is 0. The van der Waals surface area contributed by atoms with E-state index in [0.29, 0.717) is 0 Å². The van der Waals surface area contributed by atoms with Crippen LogP contribution in [0.25, 0.3) is 5.69 Å². The molecule has 0 saturated carbocycles. The van der Waals surface area contributed by atoms with Crippen LogP contribution in [0.5, 0.6) is 0 Å². The van der Waals surface area contributed by atoms with E-state index >= 15 is 0 Å². The number of nitrogens with one attached hydrogen (secondary N) is 1. The molecule has 0 spiro atoms. The molecule has 3 rings (SSSR count). The Morgan fingerprint density at radius 3 is 2.78 bits per heavy atom. The van der Waals surface area contributed by atoms with E-state index in [9.17, 15) is 0 Å². The maximum Gasteiger partial charge on any atom is 0.214 e. The van der Waals surface area contributed by atoms with E-state index in [1.54, 1.807) is 16.4 Å². The van der Waals surface area contributed by atoms with Gasteiger partial charge in [-0.15, -0.1) is 5.10 Å². The summed E-state index contributed by atoms with van der Waals surface area (Å²) in [5, 5.41) is 16.8. The maximum atomic E-state index is 5.97. The summed E-state index contributed by atoms with van der Waals surface area (Å²) in [7, 11) is 0. The van der Waals surface area contributed by atoms with Crippen molar-refractivity contribution in [2.45, 2.75) is 11.7 Å². The van der Waals surface area contributed by atoms with Gasteiger partial charge in [-0.1, -0.05) is 53.7 Å². The van der Waals surface area contributed by atoms with Crippen molar-refractivity contribution < 1.29 is 0 Å². The molecule has 0 aliphatic heterocycles. The van der Waals surface area contributed by atoms with Gasteiger partial charge in [0.1, 0.15) is 0 Å². The van der Waals surface area contributed by atoms with Gasteiger partial charge in [0, 0.05) is 23.9 Å². The Kier molecular flexibility index (Phi) is 5.63. The fraction of sp³-hybridized carbons (Fsp3) is 0.188. The predicted molar refractivity (Wildman–Crippen MR) is 93.0 cm³/mol. The molecule has 2 aromatic carbocycles. The van der Waals surface area contributed by atoms with Gasteiger partial charge in [-0.3, -0.25) is 0 Å². The molecule has 0 saturated heterocycles. The maximum absolute atomic E-state index is 5.97. The molecular weight excluding hydrogens is 330 g/mol. The Hall–Kier alpha value is -1.89. The Bertz CT molecular complexity index is 747. The number of aromatic nitrogens is 4. The zero-order valence-electron chi connectivity index (χ0n) is 12.4. The predicted octanol–water partition coefficient (Wildman–Crippen LogP) is 3.20. The second-order valence-electron chi connectivity index (χ2n) is 4.86. The fourth-order valence-corrected chi connectivity index (χ4v) is 3.09. The standard InChI is InChI=1S/C16H16ClN5S/c17-14-6-4-5-13(11-14)12-18-9-10-23-16-19-20-21-22(16)15-7-2-1-3-8-15/h1-8,11,18H,9-10,12H2. The second kappa shape index (κ2) is 8.10.